The summed E-state index contributed by atoms with van der Waals surface area (Å²) in [5, 5.41) is 0.972. The van der Waals surface area contributed by atoms with E-state index in [2.05, 4.69) is 21.4 Å². The molecule has 1 atom stereocenters. The molecule has 2 aromatic carbocycles. The Bertz CT molecular complexity index is 622. The van der Waals surface area contributed by atoms with Crippen LogP contribution in [0.2, 0.25) is 10.0 Å². The summed E-state index contributed by atoms with van der Waals surface area (Å²) in [6.45, 7) is 0. The molecule has 2 rings (SSSR count). The molecule has 0 bridgehead atoms. The summed E-state index contributed by atoms with van der Waals surface area (Å²) in [7, 11) is 0. The molecule has 0 radical (unpaired) electrons. The molecule has 3 N–H and O–H groups in total. The van der Waals surface area contributed by atoms with Gasteiger partial charge >= 0.3 is 0 Å². The van der Waals surface area contributed by atoms with Gasteiger partial charge in [-0.15, -0.1) is 0 Å². The van der Waals surface area contributed by atoms with Crippen LogP contribution < -0.4 is 11.3 Å². The first kappa shape index (κ1) is 15.7. The monoisotopic (exact) mass is 376 g/mol. The first-order valence-corrected chi connectivity index (χ1v) is 7.41. The van der Waals surface area contributed by atoms with Crippen LogP contribution in [0, 0.1) is 5.82 Å². The maximum Gasteiger partial charge on any atom is 0.123 e. The summed E-state index contributed by atoms with van der Waals surface area (Å²) in [4.78, 5) is 0. The highest BCUT2D eigenvalue weighted by atomic mass is 79.9. The third-order valence-electron chi connectivity index (χ3n) is 2.99. The molecule has 0 heterocycles. The van der Waals surface area contributed by atoms with Gasteiger partial charge in [-0.1, -0.05) is 51.3 Å². The van der Waals surface area contributed by atoms with Crippen molar-refractivity contribution in [2.45, 2.75) is 12.5 Å². The van der Waals surface area contributed by atoms with E-state index in [1.54, 1.807) is 12.1 Å². The van der Waals surface area contributed by atoms with E-state index < -0.39 is 0 Å². The van der Waals surface area contributed by atoms with Gasteiger partial charge in [-0.25, -0.2) is 4.39 Å². The standard InChI is InChI=1S/C14H12BrCl2FN2/c15-11-5-4-9(18)7-10(11)13(20-19)6-8-2-1-3-12(16)14(8)17/h1-5,7,13,20H,6,19H2. The third kappa shape index (κ3) is 3.51. The van der Waals surface area contributed by atoms with E-state index in [-0.39, 0.29) is 11.9 Å². The second-order valence-electron chi connectivity index (χ2n) is 4.30. The van der Waals surface area contributed by atoms with Crippen LogP contribution in [0.1, 0.15) is 17.2 Å². The van der Waals surface area contributed by atoms with Crippen molar-refractivity contribution >= 4 is 39.1 Å². The molecule has 0 spiro atoms. The largest absolute Gasteiger partial charge is 0.271 e. The van der Waals surface area contributed by atoms with Crippen molar-refractivity contribution in [1.29, 1.82) is 0 Å². The van der Waals surface area contributed by atoms with E-state index in [0.29, 0.717) is 16.5 Å². The predicted molar refractivity (Wildman–Crippen MR) is 84.3 cm³/mol. The van der Waals surface area contributed by atoms with E-state index in [1.165, 1.54) is 12.1 Å². The van der Waals surface area contributed by atoms with Crippen molar-refractivity contribution in [3.8, 4) is 0 Å². The van der Waals surface area contributed by atoms with Gasteiger partial charge in [-0.2, -0.15) is 0 Å². The lowest BCUT2D eigenvalue weighted by Gasteiger charge is -2.19. The van der Waals surface area contributed by atoms with E-state index in [1.807, 2.05) is 12.1 Å². The molecule has 2 nitrogen and oxygen atoms in total. The summed E-state index contributed by atoms with van der Waals surface area (Å²) in [5.41, 5.74) is 4.25. The topological polar surface area (TPSA) is 38.0 Å². The number of hydrogen-bond donors (Lipinski definition) is 2. The minimum Gasteiger partial charge on any atom is -0.271 e. The zero-order valence-electron chi connectivity index (χ0n) is 10.3. The predicted octanol–water partition coefficient (Wildman–Crippen LogP) is 4.64. The van der Waals surface area contributed by atoms with Crippen LogP contribution in [-0.4, -0.2) is 0 Å². The van der Waals surface area contributed by atoms with Gasteiger partial charge in [0.25, 0.3) is 0 Å². The van der Waals surface area contributed by atoms with Crippen LogP contribution in [0.3, 0.4) is 0 Å². The molecule has 2 aromatic rings. The number of hydrogen-bond acceptors (Lipinski definition) is 2. The molecule has 0 aliphatic rings. The Morgan fingerprint density at radius 3 is 2.70 bits per heavy atom. The summed E-state index contributed by atoms with van der Waals surface area (Å²) in [5.74, 6) is 5.27. The molecular formula is C14H12BrCl2FN2. The van der Waals surface area contributed by atoms with Gasteiger partial charge in [-0.3, -0.25) is 11.3 Å². The van der Waals surface area contributed by atoms with Crippen molar-refractivity contribution in [2.75, 3.05) is 0 Å². The molecule has 1 unspecified atom stereocenters. The van der Waals surface area contributed by atoms with E-state index in [0.717, 1.165) is 15.6 Å². The number of hydrazine groups is 1. The second kappa shape index (κ2) is 6.87. The molecule has 0 aliphatic heterocycles. The Hall–Kier alpha value is -0.650. The van der Waals surface area contributed by atoms with Gasteiger partial charge in [0, 0.05) is 4.47 Å². The maximum atomic E-state index is 13.4. The lowest BCUT2D eigenvalue weighted by molar-refractivity contribution is 0.542. The highest BCUT2D eigenvalue weighted by molar-refractivity contribution is 9.10. The summed E-state index contributed by atoms with van der Waals surface area (Å²) < 4.78 is 14.2. The van der Waals surface area contributed by atoms with E-state index in [4.69, 9.17) is 29.0 Å². The normalized spacial score (nSPS) is 12.4. The van der Waals surface area contributed by atoms with Crippen LogP contribution in [0.15, 0.2) is 40.9 Å². The van der Waals surface area contributed by atoms with Crippen LogP contribution in [0.4, 0.5) is 4.39 Å². The molecular weight excluding hydrogens is 366 g/mol. The molecule has 0 aromatic heterocycles. The zero-order chi connectivity index (χ0) is 14.7. The zero-order valence-corrected chi connectivity index (χ0v) is 13.4. The number of halogens is 4. The van der Waals surface area contributed by atoms with E-state index in [9.17, 15) is 4.39 Å². The molecule has 0 aliphatic carbocycles. The van der Waals surface area contributed by atoms with Crippen LogP contribution in [0.5, 0.6) is 0 Å². The second-order valence-corrected chi connectivity index (χ2v) is 5.94. The van der Waals surface area contributed by atoms with Crippen molar-refractivity contribution in [1.82, 2.24) is 5.43 Å². The third-order valence-corrected chi connectivity index (χ3v) is 4.57. The minimum atomic E-state index is -0.319. The van der Waals surface area contributed by atoms with Gasteiger partial charge < -0.3 is 0 Å². The van der Waals surface area contributed by atoms with Crippen molar-refractivity contribution in [3.05, 3.63) is 67.9 Å². The summed E-state index contributed by atoms with van der Waals surface area (Å²) in [6.07, 6.45) is 0.498. The van der Waals surface area contributed by atoms with Crippen molar-refractivity contribution < 1.29 is 4.39 Å². The highest BCUT2D eigenvalue weighted by Crippen LogP contribution is 2.31. The highest BCUT2D eigenvalue weighted by Gasteiger charge is 2.17. The smallest absolute Gasteiger partial charge is 0.123 e. The van der Waals surface area contributed by atoms with Gasteiger partial charge in [0.15, 0.2) is 0 Å². The van der Waals surface area contributed by atoms with E-state index >= 15 is 0 Å². The Kier molecular flexibility index (Phi) is 5.41. The SMILES string of the molecule is NNC(Cc1cccc(Cl)c1Cl)c1cc(F)ccc1Br. The molecule has 106 valence electrons. The lowest BCUT2D eigenvalue weighted by Crippen LogP contribution is -2.30. The van der Waals surface area contributed by atoms with Gasteiger partial charge in [0.2, 0.25) is 0 Å². The first-order chi connectivity index (χ1) is 9.52. The quantitative estimate of drug-likeness (QED) is 0.601. The fourth-order valence-electron chi connectivity index (χ4n) is 1.97. The molecule has 0 amide bonds. The van der Waals surface area contributed by atoms with Crippen LogP contribution in [-0.2, 0) is 6.42 Å². The average molecular weight is 378 g/mol. The number of benzene rings is 2. The fourth-order valence-corrected chi connectivity index (χ4v) is 2.89. The molecule has 6 heteroatoms. The molecule has 0 saturated heterocycles. The lowest BCUT2D eigenvalue weighted by atomic mass is 9.99. The Morgan fingerprint density at radius 2 is 2.00 bits per heavy atom. The maximum absolute atomic E-state index is 13.4. The summed E-state index contributed by atoms with van der Waals surface area (Å²) >= 11 is 15.6. The average Bonchev–Trinajstić information content (AvgIpc) is 2.43. The number of rotatable bonds is 4. The van der Waals surface area contributed by atoms with Crippen molar-refractivity contribution in [2.24, 2.45) is 5.84 Å². The van der Waals surface area contributed by atoms with Crippen LogP contribution in [0.25, 0.3) is 0 Å². The molecule has 20 heavy (non-hydrogen) atoms. The van der Waals surface area contributed by atoms with Gasteiger partial charge in [0.05, 0.1) is 16.1 Å². The fraction of sp³-hybridized carbons (Fsp3) is 0.143. The van der Waals surface area contributed by atoms with Crippen LogP contribution >= 0.6 is 39.1 Å². The molecule has 0 saturated carbocycles. The Labute approximate surface area is 135 Å². The Morgan fingerprint density at radius 1 is 1.25 bits per heavy atom. The van der Waals surface area contributed by atoms with Crippen molar-refractivity contribution in [3.63, 3.8) is 0 Å². The van der Waals surface area contributed by atoms with Gasteiger partial charge in [0.1, 0.15) is 5.82 Å². The number of nitrogens with one attached hydrogen (secondary N) is 1. The van der Waals surface area contributed by atoms with Gasteiger partial charge in [-0.05, 0) is 41.8 Å². The first-order valence-electron chi connectivity index (χ1n) is 5.87. The summed E-state index contributed by atoms with van der Waals surface area (Å²) in [6, 6.07) is 9.59. The minimum absolute atomic E-state index is 0.281. The molecule has 0 fully saturated rings. The Balaban J connectivity index is 2.34. The number of nitrogens with two attached hydrogens (primary N) is 1.